The second-order valence-corrected chi connectivity index (χ2v) is 12.1. The third-order valence-electron chi connectivity index (χ3n) is 9.23. The number of carbonyl (C=O) groups excluding carboxylic acids is 2. The number of benzene rings is 3. The Morgan fingerprint density at radius 2 is 1.50 bits per heavy atom. The molecule has 0 aliphatic heterocycles. The number of rotatable bonds is 8. The van der Waals surface area contributed by atoms with E-state index in [1.54, 1.807) is 0 Å². The standard InChI is InChI=1S/C33H38N2O3/c1-33(31(36)34-15-14-22-8-3-2-4-9-22,21-26-12-7-11-25-10-5-6-13-29(25)26)35-32(37)38-30-27-17-23-16-24(19-27)20-28(30)18-23/h2-13,23-24,27-28,30H,14-21H2,1H3,(H,34,36)(H,35,37). The van der Waals surface area contributed by atoms with Gasteiger partial charge in [0.05, 0.1) is 0 Å². The number of hydrogen-bond donors (Lipinski definition) is 2. The summed E-state index contributed by atoms with van der Waals surface area (Å²) < 4.78 is 6.14. The molecule has 0 radical (unpaired) electrons. The van der Waals surface area contributed by atoms with Gasteiger partial charge in [0.2, 0.25) is 5.91 Å². The molecule has 4 fully saturated rings. The van der Waals surface area contributed by atoms with Crippen LogP contribution in [0.2, 0.25) is 0 Å². The maximum absolute atomic E-state index is 13.7. The Labute approximate surface area is 225 Å². The lowest BCUT2D eigenvalue weighted by Crippen LogP contribution is -2.60. The van der Waals surface area contributed by atoms with Crippen LogP contribution in [0.1, 0.15) is 50.2 Å². The van der Waals surface area contributed by atoms with Gasteiger partial charge in [0, 0.05) is 13.0 Å². The number of fused-ring (bicyclic) bond motifs is 1. The van der Waals surface area contributed by atoms with E-state index in [0.29, 0.717) is 24.8 Å². The summed E-state index contributed by atoms with van der Waals surface area (Å²) in [6.45, 7) is 2.32. The molecule has 4 saturated carbocycles. The second kappa shape index (κ2) is 10.4. The SMILES string of the molecule is CC(Cc1cccc2ccccc12)(NC(=O)OC1C2CC3CC(C2)CC1C3)C(=O)NCCc1ccccc1. The van der Waals surface area contributed by atoms with Crippen molar-refractivity contribution in [3.05, 3.63) is 83.9 Å². The molecule has 198 valence electrons. The van der Waals surface area contributed by atoms with E-state index >= 15 is 0 Å². The van der Waals surface area contributed by atoms with E-state index in [-0.39, 0.29) is 12.0 Å². The largest absolute Gasteiger partial charge is 0.446 e. The Morgan fingerprint density at radius 3 is 2.24 bits per heavy atom. The fraction of sp³-hybridized carbons (Fsp3) is 0.455. The first-order chi connectivity index (χ1) is 18.5. The Kier molecular flexibility index (Phi) is 6.86. The van der Waals surface area contributed by atoms with Crippen molar-refractivity contribution in [3.8, 4) is 0 Å². The summed E-state index contributed by atoms with van der Waals surface area (Å²) in [6.07, 6.45) is 6.69. The molecule has 2 amide bonds. The molecule has 3 aromatic carbocycles. The predicted molar refractivity (Wildman–Crippen MR) is 150 cm³/mol. The highest BCUT2D eigenvalue weighted by molar-refractivity contribution is 5.92. The van der Waals surface area contributed by atoms with Gasteiger partial charge in [0.1, 0.15) is 11.6 Å². The molecule has 4 aliphatic rings. The van der Waals surface area contributed by atoms with Crippen LogP contribution in [0.15, 0.2) is 72.8 Å². The number of ether oxygens (including phenoxy) is 1. The van der Waals surface area contributed by atoms with E-state index in [9.17, 15) is 9.59 Å². The second-order valence-electron chi connectivity index (χ2n) is 12.1. The normalized spacial score (nSPS) is 27.0. The fourth-order valence-corrected chi connectivity index (χ4v) is 7.61. The van der Waals surface area contributed by atoms with Crippen molar-refractivity contribution in [1.82, 2.24) is 10.6 Å². The summed E-state index contributed by atoms with van der Waals surface area (Å²) in [6, 6.07) is 24.4. The first-order valence-corrected chi connectivity index (χ1v) is 14.2. The number of nitrogens with one attached hydrogen (secondary N) is 2. The molecule has 1 atom stereocenters. The van der Waals surface area contributed by atoms with Crippen molar-refractivity contribution < 1.29 is 14.3 Å². The smallest absolute Gasteiger partial charge is 0.408 e. The van der Waals surface area contributed by atoms with Gasteiger partial charge in [-0.3, -0.25) is 4.79 Å². The first kappa shape index (κ1) is 25.0. The summed E-state index contributed by atoms with van der Waals surface area (Å²) in [5.74, 6) is 2.38. The number of amides is 2. The van der Waals surface area contributed by atoms with E-state index < -0.39 is 11.6 Å². The Hall–Kier alpha value is -3.34. The van der Waals surface area contributed by atoms with Crippen LogP contribution < -0.4 is 10.6 Å². The summed E-state index contributed by atoms with van der Waals surface area (Å²) in [5.41, 5.74) is 1.04. The highest BCUT2D eigenvalue weighted by Crippen LogP contribution is 2.54. The van der Waals surface area contributed by atoms with E-state index in [1.807, 2.05) is 49.4 Å². The molecule has 3 aromatic rings. The van der Waals surface area contributed by atoms with Gasteiger partial charge in [-0.1, -0.05) is 72.8 Å². The highest BCUT2D eigenvalue weighted by atomic mass is 16.6. The number of alkyl carbamates (subject to hydrolysis) is 1. The molecular formula is C33H38N2O3. The van der Waals surface area contributed by atoms with Gasteiger partial charge in [-0.15, -0.1) is 0 Å². The zero-order valence-corrected chi connectivity index (χ0v) is 22.2. The summed E-state index contributed by atoms with van der Waals surface area (Å²) >= 11 is 0. The van der Waals surface area contributed by atoms with Gasteiger partial charge in [-0.25, -0.2) is 4.79 Å². The highest BCUT2D eigenvalue weighted by Gasteiger charge is 2.50. The molecule has 0 heterocycles. The third kappa shape index (κ3) is 5.16. The van der Waals surface area contributed by atoms with Crippen molar-refractivity contribution in [3.63, 3.8) is 0 Å². The molecule has 2 N–H and O–H groups in total. The molecule has 1 unspecified atom stereocenters. The maximum atomic E-state index is 13.7. The summed E-state index contributed by atoms with van der Waals surface area (Å²) in [5, 5.41) is 8.34. The number of carbonyl (C=O) groups is 2. The Balaban J connectivity index is 1.19. The Bertz CT molecular complexity index is 1270. The quantitative estimate of drug-likeness (QED) is 0.388. The van der Waals surface area contributed by atoms with Gasteiger partial charge < -0.3 is 15.4 Å². The molecule has 0 spiro atoms. The number of hydrogen-bond acceptors (Lipinski definition) is 3. The van der Waals surface area contributed by atoms with Crippen molar-refractivity contribution >= 4 is 22.8 Å². The lowest BCUT2D eigenvalue weighted by Gasteiger charge is -2.53. The average Bonchev–Trinajstić information content (AvgIpc) is 2.91. The van der Waals surface area contributed by atoms with E-state index in [0.717, 1.165) is 40.2 Å². The van der Waals surface area contributed by atoms with Crippen molar-refractivity contribution in [2.75, 3.05) is 6.54 Å². The average molecular weight is 511 g/mol. The van der Waals surface area contributed by atoms with Gasteiger partial charge in [-0.2, -0.15) is 0 Å². The van der Waals surface area contributed by atoms with Crippen molar-refractivity contribution in [2.24, 2.45) is 23.7 Å². The van der Waals surface area contributed by atoms with Gasteiger partial charge in [0.25, 0.3) is 0 Å². The minimum Gasteiger partial charge on any atom is -0.446 e. The summed E-state index contributed by atoms with van der Waals surface area (Å²) in [7, 11) is 0. The minimum absolute atomic E-state index is 0.0225. The molecule has 0 saturated heterocycles. The van der Waals surface area contributed by atoms with E-state index in [1.165, 1.54) is 32.1 Å². The third-order valence-corrected chi connectivity index (χ3v) is 9.23. The molecule has 5 heteroatoms. The van der Waals surface area contributed by atoms with Crippen LogP contribution >= 0.6 is 0 Å². The summed E-state index contributed by atoms with van der Waals surface area (Å²) in [4.78, 5) is 27.1. The van der Waals surface area contributed by atoms with Crippen LogP contribution in [0.5, 0.6) is 0 Å². The molecule has 4 aliphatic carbocycles. The van der Waals surface area contributed by atoms with Gasteiger partial charge in [0.15, 0.2) is 0 Å². The lowest BCUT2D eigenvalue weighted by molar-refractivity contribution is -0.127. The first-order valence-electron chi connectivity index (χ1n) is 14.2. The molecular weight excluding hydrogens is 472 g/mol. The topological polar surface area (TPSA) is 67.4 Å². The van der Waals surface area contributed by atoms with Crippen molar-refractivity contribution in [2.45, 2.75) is 63.5 Å². The van der Waals surface area contributed by atoms with Crippen LogP contribution in [0.4, 0.5) is 4.79 Å². The van der Waals surface area contributed by atoms with Crippen LogP contribution in [0.3, 0.4) is 0 Å². The van der Waals surface area contributed by atoms with Crippen molar-refractivity contribution in [1.29, 1.82) is 0 Å². The van der Waals surface area contributed by atoms with E-state index in [4.69, 9.17) is 4.74 Å². The maximum Gasteiger partial charge on any atom is 0.408 e. The van der Waals surface area contributed by atoms with Crippen LogP contribution in [0, 0.1) is 23.7 Å². The van der Waals surface area contributed by atoms with Crippen LogP contribution in [-0.2, 0) is 22.4 Å². The zero-order chi connectivity index (χ0) is 26.1. The monoisotopic (exact) mass is 510 g/mol. The van der Waals surface area contributed by atoms with E-state index in [2.05, 4.69) is 41.0 Å². The molecule has 5 nitrogen and oxygen atoms in total. The van der Waals surface area contributed by atoms with Crippen LogP contribution in [-0.4, -0.2) is 30.2 Å². The zero-order valence-electron chi connectivity index (χ0n) is 22.2. The Morgan fingerprint density at radius 1 is 0.842 bits per heavy atom. The lowest BCUT2D eigenvalue weighted by atomic mass is 9.55. The predicted octanol–water partition coefficient (Wildman–Crippen LogP) is 6.05. The fourth-order valence-electron chi connectivity index (χ4n) is 7.61. The van der Waals surface area contributed by atoms with Gasteiger partial charge >= 0.3 is 6.09 Å². The molecule has 7 rings (SSSR count). The van der Waals surface area contributed by atoms with Crippen LogP contribution in [0.25, 0.3) is 10.8 Å². The molecule has 38 heavy (non-hydrogen) atoms. The van der Waals surface area contributed by atoms with Gasteiger partial charge in [-0.05, 0) is 91.0 Å². The minimum atomic E-state index is -1.15. The molecule has 0 aromatic heterocycles. The molecule has 4 bridgehead atoms.